The minimum Gasteiger partial charge on any atom is -0.394 e. The van der Waals surface area contributed by atoms with Gasteiger partial charge in [-0.1, -0.05) is 179 Å². The number of carbonyl (C=O) groups excluding carboxylic acids is 1. The maximum absolute atomic E-state index is 13.0. The number of unbranched alkanes of at least 4 members (excludes halogenated alkanes) is 26. The molecule has 12 nitrogen and oxygen atoms in total. The van der Waals surface area contributed by atoms with Crippen molar-refractivity contribution in [3.63, 3.8) is 0 Å². The summed E-state index contributed by atoms with van der Waals surface area (Å²) >= 11 is 0. The predicted octanol–water partition coefficient (Wildman–Crippen LogP) is 9.33. The number of allylic oxidation sites excluding steroid dienone is 3. The van der Waals surface area contributed by atoms with E-state index in [-0.39, 0.29) is 18.9 Å². The standard InChI is InChI=1S/C46H87NO11S/c1-3-5-7-9-11-13-15-17-19-20-21-22-24-26-28-30-32-34-36-42(50)47-39(38-56-46-44(52)45(58-59(53,54)55)43(51)41(37-48)57-46)40(49)35-33-31-29-27-25-23-18-16-14-12-10-8-6-4-2/h21-22,33,35,39-41,43-46,48-49,51-52H,3-20,23-32,34,36-38H2,1-2H3,(H,47,50)(H,53,54,55)/b22-21-,35-33+. The van der Waals surface area contributed by atoms with E-state index >= 15 is 0 Å². The van der Waals surface area contributed by atoms with Gasteiger partial charge in [0.1, 0.15) is 24.4 Å². The van der Waals surface area contributed by atoms with Crippen LogP contribution >= 0.6 is 0 Å². The molecule has 1 amide bonds. The molecule has 13 heteroatoms. The number of aliphatic hydroxyl groups is 4. The van der Waals surface area contributed by atoms with Gasteiger partial charge in [-0.3, -0.25) is 9.35 Å². The molecule has 1 heterocycles. The predicted molar refractivity (Wildman–Crippen MR) is 236 cm³/mol. The molecule has 0 spiro atoms. The van der Waals surface area contributed by atoms with Crippen molar-refractivity contribution in [1.29, 1.82) is 0 Å². The number of nitrogens with one attached hydrogen (secondary N) is 1. The van der Waals surface area contributed by atoms with Crippen LogP contribution in [0.15, 0.2) is 24.3 Å². The van der Waals surface area contributed by atoms with Crippen molar-refractivity contribution >= 4 is 16.3 Å². The number of aliphatic hydroxyl groups excluding tert-OH is 4. The summed E-state index contributed by atoms with van der Waals surface area (Å²) in [7, 11) is -5.08. The molecule has 1 aliphatic heterocycles. The molecule has 0 aromatic rings. The highest BCUT2D eigenvalue weighted by atomic mass is 32.3. The van der Waals surface area contributed by atoms with Gasteiger partial charge in [-0.05, 0) is 44.9 Å². The summed E-state index contributed by atoms with van der Waals surface area (Å²) in [6.45, 7) is 3.38. The Bertz CT molecular complexity index is 1150. The molecule has 59 heavy (non-hydrogen) atoms. The van der Waals surface area contributed by atoms with Crippen molar-refractivity contribution in [2.24, 2.45) is 0 Å². The van der Waals surface area contributed by atoms with Crippen LogP contribution in [0.25, 0.3) is 0 Å². The quantitative estimate of drug-likeness (QED) is 0.0195. The van der Waals surface area contributed by atoms with Gasteiger partial charge < -0.3 is 35.2 Å². The van der Waals surface area contributed by atoms with Crippen molar-refractivity contribution in [2.75, 3.05) is 13.2 Å². The molecule has 0 saturated carbocycles. The fraction of sp³-hybridized carbons (Fsp3) is 0.891. The molecule has 0 aromatic carbocycles. The normalized spacial score (nSPS) is 21.1. The van der Waals surface area contributed by atoms with Gasteiger partial charge in [0.05, 0.1) is 25.4 Å². The molecule has 7 atom stereocenters. The van der Waals surface area contributed by atoms with Crippen molar-refractivity contribution in [3.8, 4) is 0 Å². The van der Waals surface area contributed by atoms with Crippen molar-refractivity contribution < 1.29 is 51.8 Å². The molecule has 6 N–H and O–H groups in total. The van der Waals surface area contributed by atoms with Gasteiger partial charge in [0, 0.05) is 6.42 Å². The minimum absolute atomic E-state index is 0.260. The molecule has 1 rings (SSSR count). The van der Waals surface area contributed by atoms with Crippen LogP contribution in [0.2, 0.25) is 0 Å². The third-order valence-electron chi connectivity index (χ3n) is 11.2. The first-order chi connectivity index (χ1) is 28.5. The Balaban J connectivity index is 2.51. The highest BCUT2D eigenvalue weighted by Gasteiger charge is 2.48. The third kappa shape index (κ3) is 30.3. The maximum Gasteiger partial charge on any atom is 0.397 e. The monoisotopic (exact) mass is 862 g/mol. The fourth-order valence-corrected chi connectivity index (χ4v) is 8.02. The zero-order valence-electron chi connectivity index (χ0n) is 37.1. The number of carbonyl (C=O) groups is 1. The second-order valence-corrected chi connectivity index (χ2v) is 17.7. The van der Waals surface area contributed by atoms with Crippen LogP contribution in [0.3, 0.4) is 0 Å². The first-order valence-corrected chi connectivity index (χ1v) is 25.1. The van der Waals surface area contributed by atoms with Gasteiger partial charge >= 0.3 is 10.4 Å². The first kappa shape index (κ1) is 55.6. The summed E-state index contributed by atoms with van der Waals surface area (Å²) in [4.78, 5) is 13.0. The zero-order chi connectivity index (χ0) is 43.4. The lowest BCUT2D eigenvalue weighted by Crippen LogP contribution is -2.61. The molecule has 1 saturated heterocycles. The summed E-state index contributed by atoms with van der Waals surface area (Å²) in [5, 5.41) is 44.7. The van der Waals surface area contributed by atoms with Gasteiger partial charge in [-0.15, -0.1) is 0 Å². The van der Waals surface area contributed by atoms with Gasteiger partial charge in [-0.2, -0.15) is 8.42 Å². The van der Waals surface area contributed by atoms with E-state index in [1.165, 1.54) is 122 Å². The summed E-state index contributed by atoms with van der Waals surface area (Å²) in [5.41, 5.74) is 0. The smallest absolute Gasteiger partial charge is 0.394 e. The third-order valence-corrected chi connectivity index (χ3v) is 11.7. The van der Waals surface area contributed by atoms with Crippen LogP contribution in [0.4, 0.5) is 0 Å². The Morgan fingerprint density at radius 1 is 0.661 bits per heavy atom. The lowest BCUT2D eigenvalue weighted by atomic mass is 9.99. The Hall–Kier alpha value is -1.42. The zero-order valence-corrected chi connectivity index (χ0v) is 37.9. The number of amides is 1. The van der Waals surface area contributed by atoms with E-state index in [2.05, 4.69) is 35.5 Å². The average Bonchev–Trinajstić information content (AvgIpc) is 3.20. The summed E-state index contributed by atoms with van der Waals surface area (Å²) in [6.07, 6.45) is 33.5. The second kappa shape index (κ2) is 37.2. The number of ether oxygens (including phenoxy) is 2. The van der Waals surface area contributed by atoms with Crippen molar-refractivity contribution in [1.82, 2.24) is 5.32 Å². The van der Waals surface area contributed by atoms with Gasteiger partial charge in [0.15, 0.2) is 6.29 Å². The Labute approximate surface area is 359 Å². The fourth-order valence-electron chi connectivity index (χ4n) is 7.51. The van der Waals surface area contributed by atoms with Gasteiger partial charge in [0.25, 0.3) is 0 Å². The molecule has 0 aliphatic carbocycles. The van der Waals surface area contributed by atoms with E-state index in [1.807, 2.05) is 6.08 Å². The molecule has 0 bridgehead atoms. The van der Waals surface area contributed by atoms with Crippen LogP contribution in [-0.2, 0) is 28.9 Å². The number of hydrogen-bond donors (Lipinski definition) is 6. The first-order valence-electron chi connectivity index (χ1n) is 23.7. The van der Waals surface area contributed by atoms with E-state index in [0.29, 0.717) is 6.42 Å². The minimum atomic E-state index is -5.08. The van der Waals surface area contributed by atoms with Gasteiger partial charge in [0.2, 0.25) is 5.91 Å². The molecule has 7 unspecified atom stereocenters. The van der Waals surface area contributed by atoms with Crippen molar-refractivity contribution in [3.05, 3.63) is 24.3 Å². The van der Waals surface area contributed by atoms with Crippen LogP contribution < -0.4 is 5.32 Å². The molecular weight excluding hydrogens is 775 g/mol. The lowest BCUT2D eigenvalue weighted by molar-refractivity contribution is -0.298. The summed E-state index contributed by atoms with van der Waals surface area (Å²) in [6, 6.07) is -0.945. The van der Waals surface area contributed by atoms with Crippen molar-refractivity contribution in [2.45, 2.75) is 249 Å². The highest BCUT2D eigenvalue weighted by molar-refractivity contribution is 7.80. The topological polar surface area (TPSA) is 192 Å². The van der Waals surface area contributed by atoms with E-state index in [9.17, 15) is 38.2 Å². The number of rotatable bonds is 40. The largest absolute Gasteiger partial charge is 0.397 e. The summed E-state index contributed by atoms with van der Waals surface area (Å²) < 4.78 is 47.6. The Morgan fingerprint density at radius 2 is 1.08 bits per heavy atom. The van der Waals surface area contributed by atoms with Crippen LogP contribution in [0.5, 0.6) is 0 Å². The Kier molecular flexibility index (Phi) is 35.0. The van der Waals surface area contributed by atoms with Crippen LogP contribution in [0.1, 0.15) is 206 Å². The van der Waals surface area contributed by atoms with Gasteiger partial charge in [-0.25, -0.2) is 4.18 Å². The van der Waals surface area contributed by atoms with Crippen LogP contribution in [0, 0.1) is 0 Å². The van der Waals surface area contributed by atoms with E-state index < -0.39 is 59.9 Å². The molecule has 0 radical (unpaired) electrons. The SMILES string of the molecule is CCCCCCCCCCC/C=C\CCCCCCCC(=O)NC(COC1OC(CO)C(O)C(OS(=O)(=O)O)C1O)C(O)/C=C/CCCCCCCCCCCCCC. The molecule has 1 fully saturated rings. The Morgan fingerprint density at radius 3 is 1.53 bits per heavy atom. The average molecular weight is 862 g/mol. The second-order valence-electron chi connectivity index (χ2n) is 16.7. The molecule has 0 aromatic heterocycles. The lowest BCUT2D eigenvalue weighted by Gasteiger charge is -2.41. The molecule has 1 aliphatic rings. The van der Waals surface area contributed by atoms with Crippen LogP contribution in [-0.4, -0.2) is 95.4 Å². The highest BCUT2D eigenvalue weighted by Crippen LogP contribution is 2.26. The molecule has 348 valence electrons. The van der Waals surface area contributed by atoms with E-state index in [1.54, 1.807) is 6.08 Å². The summed E-state index contributed by atoms with van der Waals surface area (Å²) in [5.74, 6) is -0.271. The van der Waals surface area contributed by atoms with E-state index in [0.717, 1.165) is 57.8 Å². The van der Waals surface area contributed by atoms with E-state index in [4.69, 9.17) is 9.47 Å². The molecular formula is C46H87NO11S. The maximum atomic E-state index is 13.0. The number of hydrogen-bond acceptors (Lipinski definition) is 10.